The van der Waals surface area contributed by atoms with Crippen molar-refractivity contribution in [1.82, 2.24) is 4.72 Å². The standard InChI is InChI=1S/C18H21NO6S/c1-23-14-4-6-17(24-2)18(10-14)26(21,22)19-11-15(20)12-3-5-16-13(9-12)7-8-25-16/h3-6,9-10,15,19-20H,7-8,11H2,1-2H3. The van der Waals surface area contributed by atoms with Gasteiger partial charge in [0, 0.05) is 19.0 Å². The average molecular weight is 379 g/mol. The van der Waals surface area contributed by atoms with E-state index in [0.29, 0.717) is 17.9 Å². The Bertz CT molecular complexity index is 897. The lowest BCUT2D eigenvalue weighted by Gasteiger charge is -2.15. The molecule has 140 valence electrons. The number of aliphatic hydroxyl groups excluding tert-OH is 1. The average Bonchev–Trinajstić information content (AvgIpc) is 3.13. The lowest BCUT2D eigenvalue weighted by atomic mass is 10.0. The van der Waals surface area contributed by atoms with Crippen LogP contribution in [0.4, 0.5) is 0 Å². The Hall–Kier alpha value is -2.29. The summed E-state index contributed by atoms with van der Waals surface area (Å²) < 4.78 is 43.3. The van der Waals surface area contributed by atoms with Gasteiger partial charge in [-0.25, -0.2) is 13.1 Å². The first-order valence-electron chi connectivity index (χ1n) is 8.10. The van der Waals surface area contributed by atoms with E-state index < -0.39 is 16.1 Å². The third kappa shape index (κ3) is 3.77. The van der Waals surface area contributed by atoms with Gasteiger partial charge in [0.2, 0.25) is 10.0 Å². The van der Waals surface area contributed by atoms with Gasteiger partial charge in [0.1, 0.15) is 22.1 Å². The zero-order valence-electron chi connectivity index (χ0n) is 14.6. The van der Waals surface area contributed by atoms with Crippen LogP contribution in [0.3, 0.4) is 0 Å². The Morgan fingerprint density at radius 3 is 2.73 bits per heavy atom. The molecule has 1 heterocycles. The number of methoxy groups -OCH3 is 2. The van der Waals surface area contributed by atoms with Crippen molar-refractivity contribution < 1.29 is 27.7 Å². The number of fused-ring (bicyclic) bond motifs is 1. The minimum atomic E-state index is -3.89. The summed E-state index contributed by atoms with van der Waals surface area (Å²) in [5, 5.41) is 10.4. The first-order chi connectivity index (χ1) is 12.4. The summed E-state index contributed by atoms with van der Waals surface area (Å²) in [6, 6.07) is 9.87. The van der Waals surface area contributed by atoms with Crippen molar-refractivity contribution in [2.75, 3.05) is 27.4 Å². The number of aliphatic hydroxyl groups is 1. The number of ether oxygens (including phenoxy) is 3. The topological polar surface area (TPSA) is 94.1 Å². The van der Waals surface area contributed by atoms with Crippen LogP contribution in [0.5, 0.6) is 17.2 Å². The number of sulfonamides is 1. The summed E-state index contributed by atoms with van der Waals surface area (Å²) in [7, 11) is -1.05. The van der Waals surface area contributed by atoms with E-state index in [0.717, 1.165) is 17.7 Å². The largest absolute Gasteiger partial charge is 0.497 e. The minimum absolute atomic E-state index is 0.0473. The summed E-state index contributed by atoms with van der Waals surface area (Å²) in [5.41, 5.74) is 1.65. The second kappa shape index (κ2) is 7.53. The molecule has 1 atom stereocenters. The third-order valence-corrected chi connectivity index (χ3v) is 5.67. The molecule has 2 N–H and O–H groups in total. The molecule has 0 amide bonds. The molecule has 3 rings (SSSR count). The molecule has 0 radical (unpaired) electrons. The van der Waals surface area contributed by atoms with Crippen LogP contribution in [0, 0.1) is 0 Å². The van der Waals surface area contributed by atoms with Crippen molar-refractivity contribution in [3.05, 3.63) is 47.5 Å². The van der Waals surface area contributed by atoms with Gasteiger partial charge in [-0.05, 0) is 35.4 Å². The molecule has 8 heteroatoms. The molecule has 0 fully saturated rings. The molecule has 7 nitrogen and oxygen atoms in total. The second-order valence-electron chi connectivity index (χ2n) is 5.85. The van der Waals surface area contributed by atoms with Crippen molar-refractivity contribution >= 4 is 10.0 Å². The second-order valence-corrected chi connectivity index (χ2v) is 7.59. The molecule has 2 aromatic rings. The molecule has 0 aliphatic carbocycles. The molecule has 0 saturated carbocycles. The summed E-state index contributed by atoms with van der Waals surface area (Å²) in [6.45, 7) is 0.458. The van der Waals surface area contributed by atoms with Crippen LogP contribution in [0.15, 0.2) is 41.3 Å². The highest BCUT2D eigenvalue weighted by Crippen LogP contribution is 2.30. The molecular weight excluding hydrogens is 358 g/mol. The zero-order valence-corrected chi connectivity index (χ0v) is 15.4. The van der Waals surface area contributed by atoms with Gasteiger partial charge in [-0.15, -0.1) is 0 Å². The molecular formula is C18H21NO6S. The number of benzene rings is 2. The van der Waals surface area contributed by atoms with Crippen molar-refractivity contribution in [3.63, 3.8) is 0 Å². The van der Waals surface area contributed by atoms with Crippen LogP contribution in [0.2, 0.25) is 0 Å². The highest BCUT2D eigenvalue weighted by Gasteiger charge is 2.22. The zero-order chi connectivity index (χ0) is 18.7. The molecule has 26 heavy (non-hydrogen) atoms. The minimum Gasteiger partial charge on any atom is -0.497 e. The summed E-state index contributed by atoms with van der Waals surface area (Å²) in [6.07, 6.45) is -0.199. The van der Waals surface area contributed by atoms with Crippen LogP contribution >= 0.6 is 0 Å². The Morgan fingerprint density at radius 2 is 2.00 bits per heavy atom. The Balaban J connectivity index is 1.76. The Labute approximate surface area is 152 Å². The monoisotopic (exact) mass is 379 g/mol. The van der Waals surface area contributed by atoms with E-state index in [9.17, 15) is 13.5 Å². The van der Waals surface area contributed by atoms with E-state index in [4.69, 9.17) is 14.2 Å². The van der Waals surface area contributed by atoms with E-state index in [1.54, 1.807) is 18.2 Å². The Morgan fingerprint density at radius 1 is 1.19 bits per heavy atom. The Kier molecular flexibility index (Phi) is 5.36. The fraction of sp³-hybridized carbons (Fsp3) is 0.333. The van der Waals surface area contributed by atoms with Crippen molar-refractivity contribution in [3.8, 4) is 17.2 Å². The fourth-order valence-electron chi connectivity index (χ4n) is 2.79. The van der Waals surface area contributed by atoms with E-state index in [2.05, 4.69) is 4.72 Å². The fourth-order valence-corrected chi connectivity index (χ4v) is 4.01. The number of nitrogens with one attached hydrogen (secondary N) is 1. The predicted molar refractivity (Wildman–Crippen MR) is 95.3 cm³/mol. The van der Waals surface area contributed by atoms with Crippen molar-refractivity contribution in [2.24, 2.45) is 0 Å². The molecule has 1 unspecified atom stereocenters. The van der Waals surface area contributed by atoms with Crippen molar-refractivity contribution in [1.29, 1.82) is 0 Å². The van der Waals surface area contributed by atoms with Gasteiger partial charge in [-0.1, -0.05) is 6.07 Å². The van der Waals surface area contributed by atoms with Gasteiger partial charge in [0.25, 0.3) is 0 Å². The maximum absolute atomic E-state index is 12.6. The third-order valence-electron chi connectivity index (χ3n) is 4.23. The molecule has 1 aliphatic rings. The van der Waals surface area contributed by atoms with Crippen LogP contribution < -0.4 is 18.9 Å². The molecule has 1 aliphatic heterocycles. The predicted octanol–water partition coefficient (Wildman–Crippen LogP) is 1.65. The quantitative estimate of drug-likeness (QED) is 0.760. The molecule has 2 aromatic carbocycles. The highest BCUT2D eigenvalue weighted by molar-refractivity contribution is 7.89. The maximum Gasteiger partial charge on any atom is 0.244 e. The van der Waals surface area contributed by atoms with Gasteiger partial charge in [-0.2, -0.15) is 0 Å². The van der Waals surface area contributed by atoms with Gasteiger partial charge in [0.15, 0.2) is 0 Å². The lowest BCUT2D eigenvalue weighted by molar-refractivity contribution is 0.182. The summed E-state index contributed by atoms with van der Waals surface area (Å²) >= 11 is 0. The molecule has 0 saturated heterocycles. The molecule has 0 aromatic heterocycles. The van der Waals surface area contributed by atoms with Crippen molar-refractivity contribution in [2.45, 2.75) is 17.4 Å². The highest BCUT2D eigenvalue weighted by atomic mass is 32.2. The number of rotatable bonds is 7. The van der Waals surface area contributed by atoms with Crippen LogP contribution in [0.25, 0.3) is 0 Å². The maximum atomic E-state index is 12.6. The van der Waals surface area contributed by atoms with Crippen LogP contribution in [-0.2, 0) is 16.4 Å². The first-order valence-corrected chi connectivity index (χ1v) is 9.58. The van der Waals surface area contributed by atoms with Gasteiger partial charge >= 0.3 is 0 Å². The normalized spacial score (nSPS) is 14.4. The number of hydrogen-bond donors (Lipinski definition) is 2. The van der Waals surface area contributed by atoms with E-state index in [1.165, 1.54) is 26.4 Å². The van der Waals surface area contributed by atoms with Gasteiger partial charge in [0.05, 0.1) is 26.9 Å². The molecule has 0 bridgehead atoms. The number of hydrogen-bond acceptors (Lipinski definition) is 6. The van der Waals surface area contributed by atoms with Crippen LogP contribution in [-0.4, -0.2) is 40.9 Å². The molecule has 0 spiro atoms. The van der Waals surface area contributed by atoms with Crippen LogP contribution in [0.1, 0.15) is 17.2 Å². The van der Waals surface area contributed by atoms with Gasteiger partial charge < -0.3 is 19.3 Å². The first kappa shape index (κ1) is 18.5. The van der Waals surface area contributed by atoms with E-state index >= 15 is 0 Å². The smallest absolute Gasteiger partial charge is 0.244 e. The summed E-state index contributed by atoms with van der Waals surface area (Å²) in [5.74, 6) is 1.40. The van der Waals surface area contributed by atoms with E-state index in [1.807, 2.05) is 6.07 Å². The summed E-state index contributed by atoms with van der Waals surface area (Å²) in [4.78, 5) is -0.0473. The lowest BCUT2D eigenvalue weighted by Crippen LogP contribution is -2.29. The van der Waals surface area contributed by atoms with Gasteiger partial charge in [-0.3, -0.25) is 0 Å². The SMILES string of the molecule is COc1ccc(OC)c(S(=O)(=O)NCC(O)c2ccc3c(c2)CCO3)c1. The van der Waals surface area contributed by atoms with E-state index in [-0.39, 0.29) is 17.2 Å².